The third-order valence-corrected chi connectivity index (χ3v) is 2.57. The Morgan fingerprint density at radius 1 is 1.53 bits per heavy atom. The van der Waals surface area contributed by atoms with E-state index in [0.29, 0.717) is 5.75 Å². The third kappa shape index (κ3) is 7.89. The van der Waals surface area contributed by atoms with E-state index in [-0.39, 0.29) is 5.91 Å². The molecule has 0 saturated heterocycles. The highest BCUT2D eigenvalue weighted by Gasteiger charge is 2.17. The number of carbonyl (C=O) groups is 2. The van der Waals surface area contributed by atoms with Gasteiger partial charge in [-0.15, -0.1) is 11.8 Å². The first-order valence-electron chi connectivity index (χ1n) is 4.55. The second-order valence-corrected chi connectivity index (χ2v) is 3.99. The zero-order valence-corrected chi connectivity index (χ0v) is 9.69. The van der Waals surface area contributed by atoms with Crippen molar-refractivity contribution in [2.45, 2.75) is 26.3 Å². The fraction of sp³-hybridized carbons (Fsp3) is 0.600. The summed E-state index contributed by atoms with van der Waals surface area (Å²) in [5.74, 6) is 5.48. The number of rotatable bonds is 6. The maximum absolute atomic E-state index is 10.7. The monoisotopic (exact) mass is 229 g/mol. The molecule has 0 aromatic heterocycles. The van der Waals surface area contributed by atoms with Crippen molar-refractivity contribution in [3.05, 3.63) is 0 Å². The molecule has 0 heterocycles. The number of aliphatic carboxylic acids is 1. The Bertz CT molecular complexity index is 280. The van der Waals surface area contributed by atoms with Crippen molar-refractivity contribution in [2.24, 2.45) is 0 Å². The van der Waals surface area contributed by atoms with Crippen LogP contribution in [0.1, 0.15) is 20.3 Å². The molecule has 2 N–H and O–H groups in total. The number of amides is 1. The second-order valence-electron chi connectivity index (χ2n) is 2.84. The summed E-state index contributed by atoms with van der Waals surface area (Å²) in [4.78, 5) is 21.4. The Hall–Kier alpha value is -1.15. The van der Waals surface area contributed by atoms with Gasteiger partial charge in [-0.3, -0.25) is 4.79 Å². The van der Waals surface area contributed by atoms with Gasteiger partial charge in [0.1, 0.15) is 6.04 Å². The molecule has 0 fully saturated rings. The molecule has 15 heavy (non-hydrogen) atoms. The van der Waals surface area contributed by atoms with Crippen LogP contribution in [0.15, 0.2) is 0 Å². The number of thioether (sulfide) groups is 1. The Balaban J connectivity index is 3.79. The van der Waals surface area contributed by atoms with Crippen LogP contribution >= 0.6 is 11.8 Å². The summed E-state index contributed by atoms with van der Waals surface area (Å²) in [6.07, 6.45) is 0.744. The second kappa shape index (κ2) is 8.18. The molecular formula is C10H15NO3S. The van der Waals surface area contributed by atoms with Gasteiger partial charge in [0.2, 0.25) is 5.91 Å². The molecule has 0 aromatic rings. The van der Waals surface area contributed by atoms with Crippen LogP contribution in [0, 0.1) is 11.8 Å². The van der Waals surface area contributed by atoms with Crippen molar-refractivity contribution in [1.82, 2.24) is 5.32 Å². The molecule has 0 aliphatic rings. The van der Waals surface area contributed by atoms with E-state index in [1.54, 1.807) is 6.92 Å². The van der Waals surface area contributed by atoms with E-state index >= 15 is 0 Å². The fourth-order valence-electron chi connectivity index (χ4n) is 0.869. The van der Waals surface area contributed by atoms with Gasteiger partial charge in [-0.1, -0.05) is 0 Å². The van der Waals surface area contributed by atoms with E-state index in [2.05, 4.69) is 17.2 Å². The summed E-state index contributed by atoms with van der Waals surface area (Å²) >= 11 is 1.47. The number of hydrogen-bond acceptors (Lipinski definition) is 3. The van der Waals surface area contributed by atoms with E-state index < -0.39 is 12.0 Å². The summed E-state index contributed by atoms with van der Waals surface area (Å²) in [7, 11) is 0. The molecule has 0 spiro atoms. The van der Waals surface area contributed by atoms with Gasteiger partial charge in [-0.25, -0.2) is 4.79 Å². The minimum atomic E-state index is -1.00. The van der Waals surface area contributed by atoms with Gasteiger partial charge < -0.3 is 10.4 Å². The van der Waals surface area contributed by atoms with Crippen LogP contribution in [0.3, 0.4) is 0 Å². The van der Waals surface area contributed by atoms with Gasteiger partial charge in [0.25, 0.3) is 0 Å². The van der Waals surface area contributed by atoms with Gasteiger partial charge in [0, 0.05) is 24.9 Å². The molecular weight excluding hydrogens is 214 g/mol. The summed E-state index contributed by atoms with van der Waals surface area (Å²) in [6, 6.07) is -0.804. The van der Waals surface area contributed by atoms with Crippen molar-refractivity contribution >= 4 is 23.6 Å². The van der Waals surface area contributed by atoms with Crippen LogP contribution in [0.2, 0.25) is 0 Å². The van der Waals surface area contributed by atoms with Gasteiger partial charge in [-0.2, -0.15) is 11.8 Å². The number of carboxylic acid groups (broad SMARTS) is 1. The standard InChI is InChI=1S/C10H15NO3S/c1-3-4-5-6-15-7-9(10(13)14)11-8(2)12/h9H,5-7H2,1-2H3,(H,11,12)(H,13,14)/t9-/m0/s1. The molecule has 0 unspecified atom stereocenters. The molecule has 0 saturated carbocycles. The lowest BCUT2D eigenvalue weighted by Crippen LogP contribution is -2.41. The van der Waals surface area contributed by atoms with Crippen molar-refractivity contribution < 1.29 is 14.7 Å². The zero-order valence-electron chi connectivity index (χ0n) is 8.87. The van der Waals surface area contributed by atoms with Crippen LogP contribution in [0.5, 0.6) is 0 Å². The van der Waals surface area contributed by atoms with E-state index in [0.717, 1.165) is 12.2 Å². The van der Waals surface area contributed by atoms with Gasteiger partial charge in [0.05, 0.1) is 0 Å². The SMILES string of the molecule is CC#CCCSC[C@H](NC(C)=O)C(=O)O. The molecule has 0 aromatic carbocycles. The van der Waals surface area contributed by atoms with E-state index in [4.69, 9.17) is 5.11 Å². The molecule has 1 amide bonds. The average Bonchev–Trinajstić information content (AvgIpc) is 2.15. The summed E-state index contributed by atoms with van der Waals surface area (Å²) in [5, 5.41) is 11.1. The fourth-order valence-corrected chi connectivity index (χ4v) is 1.74. The van der Waals surface area contributed by atoms with Crippen molar-refractivity contribution in [1.29, 1.82) is 0 Å². The first-order valence-corrected chi connectivity index (χ1v) is 5.70. The summed E-state index contributed by atoms with van der Waals surface area (Å²) in [6.45, 7) is 3.07. The summed E-state index contributed by atoms with van der Waals surface area (Å²) < 4.78 is 0. The molecule has 1 atom stereocenters. The highest BCUT2D eigenvalue weighted by Crippen LogP contribution is 2.04. The lowest BCUT2D eigenvalue weighted by molar-refractivity contribution is -0.140. The predicted octanol–water partition coefficient (Wildman–Crippen LogP) is 0.722. The number of hydrogen-bond donors (Lipinski definition) is 2. The molecule has 4 nitrogen and oxygen atoms in total. The van der Waals surface area contributed by atoms with Crippen LogP contribution in [0.4, 0.5) is 0 Å². The van der Waals surface area contributed by atoms with Gasteiger partial charge >= 0.3 is 5.97 Å². The van der Waals surface area contributed by atoms with Gasteiger partial charge in [-0.05, 0) is 6.92 Å². The Labute approximate surface area is 93.8 Å². The lowest BCUT2D eigenvalue weighted by Gasteiger charge is -2.11. The Morgan fingerprint density at radius 2 is 2.20 bits per heavy atom. The Kier molecular flexibility index (Phi) is 7.56. The maximum Gasteiger partial charge on any atom is 0.327 e. The largest absolute Gasteiger partial charge is 0.480 e. The van der Waals surface area contributed by atoms with E-state index in [9.17, 15) is 9.59 Å². The maximum atomic E-state index is 10.7. The van der Waals surface area contributed by atoms with Crippen molar-refractivity contribution in [3.8, 4) is 11.8 Å². The smallest absolute Gasteiger partial charge is 0.327 e. The molecule has 0 aliphatic carbocycles. The van der Waals surface area contributed by atoms with E-state index in [1.165, 1.54) is 18.7 Å². The minimum Gasteiger partial charge on any atom is -0.480 e. The van der Waals surface area contributed by atoms with Crippen LogP contribution < -0.4 is 5.32 Å². The normalized spacial score (nSPS) is 11.1. The van der Waals surface area contributed by atoms with Crippen LogP contribution in [-0.4, -0.2) is 34.5 Å². The first kappa shape index (κ1) is 13.8. The molecule has 0 rings (SSSR count). The van der Waals surface area contributed by atoms with Gasteiger partial charge in [0.15, 0.2) is 0 Å². The third-order valence-electron chi connectivity index (χ3n) is 1.51. The van der Waals surface area contributed by atoms with Crippen molar-refractivity contribution in [3.63, 3.8) is 0 Å². The molecule has 0 radical (unpaired) electrons. The molecule has 0 bridgehead atoms. The van der Waals surface area contributed by atoms with E-state index in [1.807, 2.05) is 0 Å². The first-order chi connectivity index (χ1) is 7.07. The average molecular weight is 229 g/mol. The minimum absolute atomic E-state index is 0.323. The molecule has 84 valence electrons. The lowest BCUT2D eigenvalue weighted by atomic mass is 10.3. The van der Waals surface area contributed by atoms with Crippen LogP contribution in [0.25, 0.3) is 0 Å². The quantitative estimate of drug-likeness (QED) is 0.520. The Morgan fingerprint density at radius 3 is 2.67 bits per heavy atom. The number of carboxylic acids is 1. The van der Waals surface area contributed by atoms with Crippen LogP contribution in [-0.2, 0) is 9.59 Å². The highest BCUT2D eigenvalue weighted by atomic mass is 32.2. The zero-order chi connectivity index (χ0) is 11.7. The predicted molar refractivity (Wildman–Crippen MR) is 60.6 cm³/mol. The highest BCUT2D eigenvalue weighted by molar-refractivity contribution is 7.99. The van der Waals surface area contributed by atoms with Crippen molar-refractivity contribution in [2.75, 3.05) is 11.5 Å². The number of nitrogens with one attached hydrogen (secondary N) is 1. The summed E-state index contributed by atoms with van der Waals surface area (Å²) in [5.41, 5.74) is 0. The number of carbonyl (C=O) groups excluding carboxylic acids is 1. The molecule has 0 aliphatic heterocycles. The topological polar surface area (TPSA) is 66.4 Å². The molecule has 5 heteroatoms.